The van der Waals surface area contributed by atoms with E-state index in [-0.39, 0.29) is 0 Å². The topological polar surface area (TPSA) is 46.2 Å². The lowest BCUT2D eigenvalue weighted by Gasteiger charge is -2.01. The highest BCUT2D eigenvalue weighted by Crippen LogP contribution is 2.27. The van der Waals surface area contributed by atoms with Crippen molar-refractivity contribution in [2.45, 2.75) is 6.42 Å². The fourth-order valence-corrected chi connectivity index (χ4v) is 2.34. The van der Waals surface area contributed by atoms with Crippen molar-refractivity contribution < 1.29 is 9.15 Å². The maximum atomic E-state index is 8.84. The van der Waals surface area contributed by atoms with Crippen LogP contribution in [0.25, 0.3) is 22.1 Å². The van der Waals surface area contributed by atoms with Gasteiger partial charge >= 0.3 is 0 Å². The van der Waals surface area contributed by atoms with E-state index in [1.165, 1.54) is 0 Å². The minimum absolute atomic E-state index is 0.655. The molecular formula is C18H15NO2. The summed E-state index contributed by atoms with van der Waals surface area (Å²) in [4.78, 5) is 0. The van der Waals surface area contributed by atoms with Crippen molar-refractivity contribution in [3.63, 3.8) is 0 Å². The molecule has 0 saturated heterocycles. The number of nitrogens with zero attached hydrogens (tertiary/aromatic N) is 1. The van der Waals surface area contributed by atoms with Crippen molar-refractivity contribution in [1.82, 2.24) is 0 Å². The summed E-state index contributed by atoms with van der Waals surface area (Å²) in [7, 11) is 1.69. The molecule has 0 saturated carbocycles. The maximum Gasteiger partial charge on any atom is 0.134 e. The molecule has 3 heteroatoms. The summed E-state index contributed by atoms with van der Waals surface area (Å²) in [6, 6.07) is 17.9. The van der Waals surface area contributed by atoms with E-state index >= 15 is 0 Å². The first-order chi connectivity index (χ1) is 10.3. The fourth-order valence-electron chi connectivity index (χ4n) is 2.34. The number of furan rings is 1. The van der Waals surface area contributed by atoms with Crippen molar-refractivity contribution in [1.29, 1.82) is 5.26 Å². The first-order valence-electron chi connectivity index (χ1n) is 6.82. The van der Waals surface area contributed by atoms with E-state index < -0.39 is 0 Å². The van der Waals surface area contributed by atoms with Crippen LogP contribution in [0, 0.1) is 11.3 Å². The number of methoxy groups -OCH3 is 1. The molecule has 1 heterocycles. The SMILES string of the molecule is COCCc1cc2cc(-c3ccc(C#N)cc3)ccc2o1. The molecule has 0 radical (unpaired) electrons. The standard InChI is InChI=1S/C18H15NO2/c1-20-9-8-17-11-16-10-15(6-7-18(16)21-17)14-4-2-13(12-19)3-5-14/h2-7,10-11H,8-9H2,1H3. The van der Waals surface area contributed by atoms with Crippen LogP contribution >= 0.6 is 0 Å². The van der Waals surface area contributed by atoms with Crippen LogP contribution in [0.2, 0.25) is 0 Å². The highest BCUT2D eigenvalue weighted by atomic mass is 16.5. The first-order valence-corrected chi connectivity index (χ1v) is 6.82. The van der Waals surface area contributed by atoms with Crippen molar-refractivity contribution >= 4 is 11.0 Å². The van der Waals surface area contributed by atoms with Crippen LogP contribution in [-0.4, -0.2) is 13.7 Å². The zero-order valence-corrected chi connectivity index (χ0v) is 11.8. The largest absolute Gasteiger partial charge is 0.461 e. The number of benzene rings is 2. The monoisotopic (exact) mass is 277 g/mol. The number of hydrogen-bond acceptors (Lipinski definition) is 3. The van der Waals surface area contributed by atoms with Gasteiger partial charge in [-0.2, -0.15) is 5.26 Å². The van der Waals surface area contributed by atoms with Crippen LogP contribution in [0.1, 0.15) is 11.3 Å². The molecule has 1 aromatic heterocycles. The lowest BCUT2D eigenvalue weighted by atomic mass is 10.0. The molecule has 3 rings (SSSR count). The molecule has 0 fully saturated rings. The molecule has 104 valence electrons. The smallest absolute Gasteiger partial charge is 0.134 e. The molecule has 3 aromatic rings. The number of fused-ring (bicyclic) bond motifs is 1. The van der Waals surface area contributed by atoms with Gasteiger partial charge in [-0.3, -0.25) is 0 Å². The van der Waals surface area contributed by atoms with E-state index in [0.29, 0.717) is 12.2 Å². The first kappa shape index (κ1) is 13.4. The van der Waals surface area contributed by atoms with Gasteiger partial charge in [-0.1, -0.05) is 18.2 Å². The summed E-state index contributed by atoms with van der Waals surface area (Å²) in [6.07, 6.45) is 0.775. The Hall–Kier alpha value is -2.57. The second-order valence-corrected chi connectivity index (χ2v) is 4.90. The van der Waals surface area contributed by atoms with E-state index in [2.05, 4.69) is 18.2 Å². The molecule has 0 aliphatic heterocycles. The van der Waals surface area contributed by atoms with Gasteiger partial charge in [0.1, 0.15) is 11.3 Å². The third-order valence-electron chi connectivity index (χ3n) is 3.47. The Labute approximate surface area is 123 Å². The molecule has 0 unspecified atom stereocenters. The van der Waals surface area contributed by atoms with Crippen LogP contribution in [0.4, 0.5) is 0 Å². The summed E-state index contributed by atoms with van der Waals surface area (Å²) in [5.74, 6) is 0.934. The van der Waals surface area contributed by atoms with Crippen LogP contribution in [-0.2, 0) is 11.2 Å². The molecule has 0 aliphatic carbocycles. The molecule has 2 aromatic carbocycles. The Bertz CT molecular complexity index is 794. The van der Waals surface area contributed by atoms with Gasteiger partial charge in [-0.05, 0) is 41.5 Å². The lowest BCUT2D eigenvalue weighted by molar-refractivity contribution is 0.197. The van der Waals surface area contributed by atoms with E-state index in [1.54, 1.807) is 7.11 Å². The summed E-state index contributed by atoms with van der Waals surface area (Å²) < 4.78 is 10.8. The molecule has 0 amide bonds. The van der Waals surface area contributed by atoms with E-state index in [0.717, 1.165) is 34.3 Å². The average Bonchev–Trinajstić information content (AvgIpc) is 2.95. The Morgan fingerprint density at radius 1 is 1.05 bits per heavy atom. The molecule has 21 heavy (non-hydrogen) atoms. The average molecular weight is 277 g/mol. The van der Waals surface area contributed by atoms with Crippen LogP contribution < -0.4 is 0 Å². The van der Waals surface area contributed by atoms with Gasteiger partial charge in [0, 0.05) is 18.9 Å². The minimum atomic E-state index is 0.655. The van der Waals surface area contributed by atoms with Crippen molar-refractivity contribution in [3.8, 4) is 17.2 Å². The second-order valence-electron chi connectivity index (χ2n) is 4.90. The zero-order chi connectivity index (χ0) is 14.7. The highest BCUT2D eigenvalue weighted by Gasteiger charge is 2.06. The predicted octanol–water partition coefficient (Wildman–Crippen LogP) is 4.16. The molecule has 0 atom stereocenters. The van der Waals surface area contributed by atoms with Crippen LogP contribution in [0.5, 0.6) is 0 Å². The second kappa shape index (κ2) is 5.82. The highest BCUT2D eigenvalue weighted by molar-refractivity contribution is 5.84. The van der Waals surface area contributed by atoms with Gasteiger partial charge in [0.2, 0.25) is 0 Å². The minimum Gasteiger partial charge on any atom is -0.461 e. The molecule has 3 nitrogen and oxygen atoms in total. The molecule has 0 aliphatic rings. The van der Waals surface area contributed by atoms with Gasteiger partial charge in [-0.15, -0.1) is 0 Å². The summed E-state index contributed by atoms with van der Waals surface area (Å²) in [5, 5.41) is 9.93. The van der Waals surface area contributed by atoms with Crippen LogP contribution in [0.3, 0.4) is 0 Å². The lowest BCUT2D eigenvalue weighted by Crippen LogP contribution is -1.91. The van der Waals surface area contributed by atoms with Gasteiger partial charge in [0.25, 0.3) is 0 Å². The Morgan fingerprint density at radius 2 is 1.81 bits per heavy atom. The van der Waals surface area contributed by atoms with Crippen molar-refractivity contribution in [2.24, 2.45) is 0 Å². The summed E-state index contributed by atoms with van der Waals surface area (Å²) >= 11 is 0. The van der Waals surface area contributed by atoms with E-state index in [4.69, 9.17) is 14.4 Å². The van der Waals surface area contributed by atoms with Gasteiger partial charge < -0.3 is 9.15 Å². The zero-order valence-electron chi connectivity index (χ0n) is 11.8. The Morgan fingerprint density at radius 3 is 2.52 bits per heavy atom. The molecule has 0 N–H and O–H groups in total. The number of nitriles is 1. The Balaban J connectivity index is 1.94. The van der Waals surface area contributed by atoms with Crippen molar-refractivity contribution in [2.75, 3.05) is 13.7 Å². The Kier molecular flexibility index (Phi) is 3.72. The number of rotatable bonds is 4. The third kappa shape index (κ3) is 2.81. The summed E-state index contributed by atoms with van der Waals surface area (Å²) in [5.41, 5.74) is 3.77. The molecule has 0 bridgehead atoms. The predicted molar refractivity (Wildman–Crippen MR) is 81.9 cm³/mol. The van der Waals surface area contributed by atoms with E-state index in [9.17, 15) is 0 Å². The maximum absolute atomic E-state index is 8.84. The van der Waals surface area contributed by atoms with E-state index in [1.807, 2.05) is 36.4 Å². The number of ether oxygens (including phenoxy) is 1. The van der Waals surface area contributed by atoms with Gasteiger partial charge in [-0.25, -0.2) is 0 Å². The van der Waals surface area contributed by atoms with Crippen molar-refractivity contribution in [3.05, 3.63) is 59.9 Å². The fraction of sp³-hybridized carbons (Fsp3) is 0.167. The molecule has 0 spiro atoms. The molecular weight excluding hydrogens is 262 g/mol. The number of hydrogen-bond donors (Lipinski definition) is 0. The van der Waals surface area contributed by atoms with Gasteiger partial charge in [0.05, 0.1) is 18.2 Å². The third-order valence-corrected chi connectivity index (χ3v) is 3.47. The van der Waals surface area contributed by atoms with Crippen LogP contribution in [0.15, 0.2) is 52.9 Å². The van der Waals surface area contributed by atoms with Gasteiger partial charge in [0.15, 0.2) is 0 Å². The normalized spacial score (nSPS) is 10.7. The quantitative estimate of drug-likeness (QED) is 0.719. The summed E-state index contributed by atoms with van der Waals surface area (Å²) in [6.45, 7) is 0.655.